The molecule has 0 heterocycles. The number of carbonyl (C=O) groups excluding carboxylic acids is 8. The molecule has 304 valence electrons. The van der Waals surface area contributed by atoms with Gasteiger partial charge in [0, 0.05) is 13.1 Å². The minimum Gasteiger partial charge on any atom is -0.480 e. The van der Waals surface area contributed by atoms with Crippen molar-refractivity contribution >= 4 is 65.1 Å². The van der Waals surface area contributed by atoms with E-state index in [9.17, 15) is 53.4 Å². The molecule has 0 radical (unpaired) electrons. The lowest BCUT2D eigenvalue weighted by atomic mass is 10.1. The molecule has 0 aliphatic carbocycles. The third kappa shape index (κ3) is 24.0. The van der Waals surface area contributed by atoms with E-state index in [1.54, 1.807) is 0 Å². The molecule has 20 N–H and O–H groups in total. The Bertz CT molecular complexity index is 1380. The van der Waals surface area contributed by atoms with Crippen molar-refractivity contribution in [3.8, 4) is 0 Å². The van der Waals surface area contributed by atoms with E-state index < -0.39 is 117 Å². The summed E-state index contributed by atoms with van der Waals surface area (Å²) in [4.78, 5) is 116. The predicted octanol–water partition coefficient (Wildman–Crippen LogP) is -9.45. The van der Waals surface area contributed by atoms with E-state index in [1.165, 1.54) is 6.92 Å². The van der Waals surface area contributed by atoms with Crippen LogP contribution in [0.2, 0.25) is 0 Å². The fraction of sp³-hybridized carbons (Fsp3) is 0.607. The second-order valence-electron chi connectivity index (χ2n) is 11.3. The molecule has 0 unspecified atom stereocenters. The maximum Gasteiger partial charge on any atom is 0.326 e. The first-order chi connectivity index (χ1) is 25.3. The van der Waals surface area contributed by atoms with Gasteiger partial charge in [0.25, 0.3) is 0 Å². The minimum absolute atomic E-state index is 0.0123. The average molecular weight is 774 g/mol. The summed E-state index contributed by atoms with van der Waals surface area (Å²) in [6.45, 7) is -2.04. The summed E-state index contributed by atoms with van der Waals surface area (Å²) in [5.41, 5.74) is 26.5. The Morgan fingerprint density at radius 2 is 0.926 bits per heavy atom. The molecule has 0 saturated carbocycles. The molecule has 26 nitrogen and oxygen atoms in total. The zero-order valence-corrected chi connectivity index (χ0v) is 29.6. The van der Waals surface area contributed by atoms with Gasteiger partial charge >= 0.3 is 5.97 Å². The van der Waals surface area contributed by atoms with Crippen LogP contribution < -0.4 is 71.2 Å². The van der Waals surface area contributed by atoms with Crippen molar-refractivity contribution in [3.05, 3.63) is 0 Å². The van der Waals surface area contributed by atoms with E-state index in [4.69, 9.17) is 28.7 Å². The lowest BCUT2D eigenvalue weighted by Crippen LogP contribution is -2.55. The number of aliphatic imine (C=N–C) groups is 2. The Balaban J connectivity index is 4.47. The molecule has 0 aromatic heterocycles. The van der Waals surface area contributed by atoms with Gasteiger partial charge in [0.1, 0.15) is 12.1 Å². The number of carbonyl (C=O) groups is 9. The zero-order valence-electron chi connectivity index (χ0n) is 29.6. The molecular formula is C28H51N15O11. The summed E-state index contributed by atoms with van der Waals surface area (Å²) in [6.07, 6.45) is -0.515. The van der Waals surface area contributed by atoms with Crippen molar-refractivity contribution in [1.29, 1.82) is 0 Å². The summed E-state index contributed by atoms with van der Waals surface area (Å²) < 4.78 is 0. The van der Waals surface area contributed by atoms with Crippen molar-refractivity contribution in [2.45, 2.75) is 56.8 Å². The number of carboxylic acid groups (broad SMARTS) is 1. The van der Waals surface area contributed by atoms with Gasteiger partial charge in [0.15, 0.2) is 11.9 Å². The number of hydrogen-bond acceptors (Lipinski definition) is 13. The van der Waals surface area contributed by atoms with Crippen molar-refractivity contribution in [2.75, 3.05) is 52.4 Å². The first-order valence-corrected chi connectivity index (χ1v) is 16.3. The minimum atomic E-state index is -1.56. The highest BCUT2D eigenvalue weighted by atomic mass is 16.4. The molecule has 0 aromatic carbocycles. The first kappa shape index (κ1) is 47.7. The van der Waals surface area contributed by atoms with Gasteiger partial charge in [-0.05, 0) is 32.6 Å². The van der Waals surface area contributed by atoms with Gasteiger partial charge in [0.05, 0.1) is 51.4 Å². The van der Waals surface area contributed by atoms with E-state index in [0.29, 0.717) is 6.42 Å². The number of carboxylic acids is 1. The quantitative estimate of drug-likeness (QED) is 0.0220. The maximum atomic E-state index is 12.5. The van der Waals surface area contributed by atoms with Crippen molar-refractivity contribution < 1.29 is 53.4 Å². The largest absolute Gasteiger partial charge is 0.480 e. The molecule has 54 heavy (non-hydrogen) atoms. The topological polar surface area (TPSA) is 445 Å². The van der Waals surface area contributed by atoms with Gasteiger partial charge in [-0.2, -0.15) is 0 Å². The average Bonchev–Trinajstić information content (AvgIpc) is 3.10. The normalized spacial score (nSPS) is 12.5. The summed E-state index contributed by atoms with van der Waals surface area (Å²) in [5.74, 6) is -8.12. The van der Waals surface area contributed by atoms with Crippen molar-refractivity contribution in [2.24, 2.45) is 38.7 Å². The monoisotopic (exact) mass is 773 g/mol. The highest BCUT2D eigenvalue weighted by Gasteiger charge is 2.26. The zero-order chi connectivity index (χ0) is 41.2. The van der Waals surface area contributed by atoms with Crippen molar-refractivity contribution in [1.82, 2.24) is 42.5 Å². The number of aliphatic hydroxyl groups is 1. The molecule has 0 aliphatic rings. The van der Waals surface area contributed by atoms with Crippen LogP contribution in [0.15, 0.2) is 9.98 Å². The Kier molecular flexibility index (Phi) is 23.4. The Labute approximate surface area is 309 Å². The molecule has 8 amide bonds. The molecule has 0 aliphatic heterocycles. The molecular weight excluding hydrogens is 722 g/mol. The van der Waals surface area contributed by atoms with Crippen LogP contribution >= 0.6 is 0 Å². The lowest BCUT2D eigenvalue weighted by Gasteiger charge is -2.21. The highest BCUT2D eigenvalue weighted by Crippen LogP contribution is 1.99. The molecule has 26 heteroatoms. The predicted molar refractivity (Wildman–Crippen MR) is 189 cm³/mol. The van der Waals surface area contributed by atoms with Crippen LogP contribution in [0.3, 0.4) is 0 Å². The number of aliphatic carboxylic acids is 1. The highest BCUT2D eigenvalue weighted by molar-refractivity contribution is 5.94. The smallest absolute Gasteiger partial charge is 0.326 e. The summed E-state index contributed by atoms with van der Waals surface area (Å²) >= 11 is 0. The van der Waals surface area contributed by atoms with Crippen LogP contribution in [0, 0.1) is 0 Å². The van der Waals surface area contributed by atoms with E-state index in [-0.39, 0.29) is 44.3 Å². The van der Waals surface area contributed by atoms with Crippen LogP contribution in [0.25, 0.3) is 0 Å². The second-order valence-corrected chi connectivity index (χ2v) is 11.3. The van der Waals surface area contributed by atoms with Gasteiger partial charge in [-0.3, -0.25) is 48.3 Å². The van der Waals surface area contributed by atoms with E-state index in [2.05, 4.69) is 52.5 Å². The van der Waals surface area contributed by atoms with Crippen LogP contribution in [0.1, 0.15) is 32.6 Å². The third-order valence-corrected chi connectivity index (χ3v) is 6.60. The molecule has 4 atom stereocenters. The Hall–Kier alpha value is -6.31. The lowest BCUT2D eigenvalue weighted by molar-refractivity contribution is -0.142. The summed E-state index contributed by atoms with van der Waals surface area (Å²) in [6, 6.07) is -3.75. The van der Waals surface area contributed by atoms with Gasteiger partial charge in [0.2, 0.25) is 47.3 Å². The number of guanidine groups is 2. The number of amides is 8. The molecule has 0 fully saturated rings. The molecule has 0 rings (SSSR count). The molecule has 0 saturated heterocycles. The number of nitrogens with two attached hydrogens (primary N) is 5. The SMILES string of the molecule is C[C@@H](O)[C@H](NC(=O)CNC(=O)CNC(=O)CNC(=O)[C@@H](N)CCCN=C(N)N)C(=O)NCC(=O)NCC(=O)NCC(=O)N[C@@H](CCCN=C(N)N)C(=O)O. The first-order valence-electron chi connectivity index (χ1n) is 16.3. The van der Waals surface area contributed by atoms with E-state index in [1.807, 2.05) is 0 Å². The van der Waals surface area contributed by atoms with Crippen LogP contribution in [-0.4, -0.2) is 152 Å². The summed E-state index contributed by atoms with van der Waals surface area (Å²) in [5, 5.41) is 36.8. The Morgan fingerprint density at radius 3 is 1.33 bits per heavy atom. The molecule has 0 aromatic rings. The fourth-order valence-electron chi connectivity index (χ4n) is 3.83. The summed E-state index contributed by atoms with van der Waals surface area (Å²) in [7, 11) is 0. The number of rotatable bonds is 26. The standard InChI is InChI=1S/C28H51N15O11/c1-14(44)23(43-22(50)13-39-18(46)9-36-19(47)10-40-24(51)15(29)4-2-6-34-27(30)31)25(52)41-11-20(48)37-8-17(45)38-12-21(49)42-16(26(53)54)5-3-7-35-28(32)33/h14-16,23,44H,2-13,29H2,1H3,(H,36,47)(H,37,48)(H,38,45)(H,39,46)(H,40,51)(H,41,52)(H,42,49)(H,43,50)(H,53,54)(H4,30,31,34)(H4,32,33,35)/t14-,15+,16+,23+/m1/s1. The second kappa shape index (κ2) is 26.5. The Morgan fingerprint density at radius 1 is 0.556 bits per heavy atom. The van der Waals surface area contributed by atoms with Gasteiger partial charge in [-0.25, -0.2) is 4.79 Å². The molecule has 0 bridgehead atoms. The number of nitrogens with one attached hydrogen (secondary N) is 8. The van der Waals surface area contributed by atoms with Gasteiger partial charge < -0.3 is 81.4 Å². The van der Waals surface area contributed by atoms with Gasteiger partial charge in [-0.15, -0.1) is 0 Å². The fourth-order valence-corrected chi connectivity index (χ4v) is 3.83. The van der Waals surface area contributed by atoms with Crippen LogP contribution in [0.4, 0.5) is 0 Å². The number of nitrogens with zero attached hydrogens (tertiary/aromatic N) is 2. The number of aliphatic hydroxyl groups excluding tert-OH is 1. The molecule has 0 spiro atoms. The maximum absolute atomic E-state index is 12.5. The van der Waals surface area contributed by atoms with Crippen LogP contribution in [0.5, 0.6) is 0 Å². The number of hydrogen-bond donors (Lipinski definition) is 15. The van der Waals surface area contributed by atoms with E-state index in [0.717, 1.165) is 0 Å². The van der Waals surface area contributed by atoms with Gasteiger partial charge in [-0.1, -0.05) is 0 Å². The third-order valence-electron chi connectivity index (χ3n) is 6.60. The van der Waals surface area contributed by atoms with Crippen molar-refractivity contribution in [3.63, 3.8) is 0 Å². The van der Waals surface area contributed by atoms with Crippen LogP contribution in [-0.2, 0) is 43.2 Å². The van der Waals surface area contributed by atoms with E-state index >= 15 is 0 Å².